The maximum Gasteiger partial charge on any atom is 0.139 e. The summed E-state index contributed by atoms with van der Waals surface area (Å²) in [7, 11) is 1.63. The van der Waals surface area contributed by atoms with E-state index in [9.17, 15) is 4.39 Å². The van der Waals surface area contributed by atoms with Crippen molar-refractivity contribution >= 4 is 21.6 Å². The molecule has 0 saturated heterocycles. The van der Waals surface area contributed by atoms with Gasteiger partial charge in [-0.3, -0.25) is 0 Å². The number of methoxy groups -OCH3 is 1. The van der Waals surface area contributed by atoms with E-state index in [1.165, 1.54) is 6.07 Å². The van der Waals surface area contributed by atoms with Gasteiger partial charge in [-0.2, -0.15) is 0 Å². The number of anilines is 1. The molecule has 0 amide bonds. The fourth-order valence-electron chi connectivity index (χ4n) is 0.928. The molecule has 1 aromatic rings. The molecule has 2 nitrogen and oxygen atoms in total. The van der Waals surface area contributed by atoms with Gasteiger partial charge in [-0.25, -0.2) is 4.39 Å². The first-order valence-corrected chi connectivity index (χ1v) is 4.72. The molecule has 0 aromatic heterocycles. The lowest BCUT2D eigenvalue weighted by Crippen LogP contribution is -2.08. The first-order chi connectivity index (χ1) is 6.25. The third-order valence-corrected chi connectivity index (χ3v) is 2.38. The van der Waals surface area contributed by atoms with Crippen LogP contribution in [0.4, 0.5) is 10.1 Å². The third-order valence-electron chi connectivity index (χ3n) is 1.57. The van der Waals surface area contributed by atoms with Gasteiger partial charge in [0.1, 0.15) is 5.82 Å². The van der Waals surface area contributed by atoms with Gasteiger partial charge in [-0.05, 0) is 28.1 Å². The number of ether oxygens (including phenoxy) is 1. The Labute approximate surface area is 85.2 Å². The summed E-state index contributed by atoms with van der Waals surface area (Å²) in [5.74, 6) is -0.262. The second kappa shape index (κ2) is 5.19. The molecule has 1 aromatic carbocycles. The summed E-state index contributed by atoms with van der Waals surface area (Å²) in [6.45, 7) is 1.27. The second-order valence-corrected chi connectivity index (χ2v) is 3.31. The van der Waals surface area contributed by atoms with Crippen LogP contribution in [0.5, 0.6) is 0 Å². The molecule has 0 heterocycles. The zero-order chi connectivity index (χ0) is 9.68. The fraction of sp³-hybridized carbons (Fsp3) is 0.333. The van der Waals surface area contributed by atoms with Gasteiger partial charge in [-0.1, -0.05) is 6.07 Å². The minimum absolute atomic E-state index is 0.262. The number of halogens is 2. The fourth-order valence-corrected chi connectivity index (χ4v) is 1.33. The molecule has 0 atom stereocenters. The predicted molar refractivity (Wildman–Crippen MR) is 54.5 cm³/mol. The van der Waals surface area contributed by atoms with Crippen molar-refractivity contribution < 1.29 is 9.13 Å². The van der Waals surface area contributed by atoms with Crippen molar-refractivity contribution in [3.8, 4) is 0 Å². The number of rotatable bonds is 4. The van der Waals surface area contributed by atoms with E-state index < -0.39 is 0 Å². The van der Waals surface area contributed by atoms with Gasteiger partial charge < -0.3 is 10.1 Å². The highest BCUT2D eigenvalue weighted by Gasteiger charge is 2.03. The number of hydrogen-bond acceptors (Lipinski definition) is 2. The molecule has 1 rings (SSSR count). The van der Waals surface area contributed by atoms with Gasteiger partial charge in [0.25, 0.3) is 0 Å². The molecular formula is C9H11BrFNO. The third kappa shape index (κ3) is 2.97. The molecule has 0 unspecified atom stereocenters. The van der Waals surface area contributed by atoms with Crippen molar-refractivity contribution in [1.82, 2.24) is 0 Å². The average molecular weight is 248 g/mol. The maximum atomic E-state index is 13.0. The normalized spacial score (nSPS) is 10.1. The average Bonchev–Trinajstić information content (AvgIpc) is 2.13. The second-order valence-electron chi connectivity index (χ2n) is 2.52. The summed E-state index contributed by atoms with van der Waals surface area (Å²) in [6, 6.07) is 4.88. The minimum Gasteiger partial charge on any atom is -0.383 e. The van der Waals surface area contributed by atoms with Gasteiger partial charge in [-0.15, -0.1) is 0 Å². The van der Waals surface area contributed by atoms with Crippen molar-refractivity contribution in [2.75, 3.05) is 25.6 Å². The Morgan fingerprint density at radius 3 is 3.00 bits per heavy atom. The van der Waals surface area contributed by atoms with E-state index in [0.717, 1.165) is 5.69 Å². The van der Waals surface area contributed by atoms with Crippen LogP contribution in [0.2, 0.25) is 0 Å². The molecule has 72 valence electrons. The Hall–Kier alpha value is -0.610. The first kappa shape index (κ1) is 10.5. The summed E-state index contributed by atoms with van der Waals surface area (Å²) >= 11 is 3.15. The van der Waals surface area contributed by atoms with Crippen LogP contribution >= 0.6 is 15.9 Å². The Morgan fingerprint density at radius 2 is 2.31 bits per heavy atom. The van der Waals surface area contributed by atoms with Crippen molar-refractivity contribution in [3.05, 3.63) is 28.5 Å². The molecular weight excluding hydrogens is 237 g/mol. The molecule has 0 aliphatic carbocycles. The summed E-state index contributed by atoms with van der Waals surface area (Å²) in [5, 5.41) is 3.04. The maximum absolute atomic E-state index is 13.0. The van der Waals surface area contributed by atoms with Crippen LogP contribution in [0, 0.1) is 5.82 Å². The summed E-state index contributed by atoms with van der Waals surface area (Å²) in [5.41, 5.74) is 0.747. The zero-order valence-electron chi connectivity index (χ0n) is 7.31. The number of nitrogens with one attached hydrogen (secondary N) is 1. The van der Waals surface area contributed by atoms with Crippen molar-refractivity contribution in [2.24, 2.45) is 0 Å². The van der Waals surface area contributed by atoms with Crippen LogP contribution in [-0.4, -0.2) is 20.3 Å². The molecule has 0 fully saturated rings. The molecule has 0 bridgehead atoms. The Kier molecular flexibility index (Phi) is 4.18. The standard InChI is InChI=1S/C9H11BrFNO/c1-13-6-5-12-8-4-2-3-7(11)9(8)10/h2-4,12H,5-6H2,1H3. The van der Waals surface area contributed by atoms with Gasteiger partial charge >= 0.3 is 0 Å². The smallest absolute Gasteiger partial charge is 0.139 e. The molecule has 0 aliphatic heterocycles. The van der Waals surface area contributed by atoms with Gasteiger partial charge in [0.05, 0.1) is 16.8 Å². The topological polar surface area (TPSA) is 21.3 Å². The van der Waals surface area contributed by atoms with Gasteiger partial charge in [0, 0.05) is 13.7 Å². The van der Waals surface area contributed by atoms with Crippen LogP contribution in [0.25, 0.3) is 0 Å². The van der Waals surface area contributed by atoms with Crippen LogP contribution < -0.4 is 5.32 Å². The lowest BCUT2D eigenvalue weighted by molar-refractivity contribution is 0.211. The van der Waals surface area contributed by atoms with Crippen molar-refractivity contribution in [1.29, 1.82) is 0 Å². The molecule has 13 heavy (non-hydrogen) atoms. The summed E-state index contributed by atoms with van der Waals surface area (Å²) < 4.78 is 18.3. The quantitative estimate of drug-likeness (QED) is 0.827. The summed E-state index contributed by atoms with van der Waals surface area (Å²) in [6.07, 6.45) is 0. The highest BCUT2D eigenvalue weighted by Crippen LogP contribution is 2.24. The van der Waals surface area contributed by atoms with E-state index in [1.54, 1.807) is 13.2 Å². The molecule has 1 N–H and O–H groups in total. The van der Waals surface area contributed by atoms with Crippen molar-refractivity contribution in [2.45, 2.75) is 0 Å². The summed E-state index contributed by atoms with van der Waals surface area (Å²) in [4.78, 5) is 0. The Morgan fingerprint density at radius 1 is 1.54 bits per heavy atom. The molecule has 0 radical (unpaired) electrons. The van der Waals surface area contributed by atoms with Crippen LogP contribution in [0.3, 0.4) is 0 Å². The highest BCUT2D eigenvalue weighted by molar-refractivity contribution is 9.10. The van der Waals surface area contributed by atoms with E-state index in [2.05, 4.69) is 21.2 Å². The number of hydrogen-bond donors (Lipinski definition) is 1. The molecule has 4 heteroatoms. The van der Waals surface area contributed by atoms with Gasteiger partial charge in [0.15, 0.2) is 0 Å². The SMILES string of the molecule is COCCNc1cccc(F)c1Br. The van der Waals surface area contributed by atoms with Crippen molar-refractivity contribution in [3.63, 3.8) is 0 Å². The minimum atomic E-state index is -0.262. The first-order valence-electron chi connectivity index (χ1n) is 3.92. The lowest BCUT2D eigenvalue weighted by atomic mass is 10.3. The zero-order valence-corrected chi connectivity index (χ0v) is 8.90. The molecule has 0 aliphatic rings. The largest absolute Gasteiger partial charge is 0.383 e. The molecule has 0 spiro atoms. The van der Waals surface area contributed by atoms with E-state index in [1.807, 2.05) is 6.07 Å². The van der Waals surface area contributed by atoms with Crippen LogP contribution in [0.15, 0.2) is 22.7 Å². The van der Waals surface area contributed by atoms with E-state index in [4.69, 9.17) is 4.74 Å². The Bertz CT molecular complexity index is 280. The Balaban J connectivity index is 2.61. The number of benzene rings is 1. The highest BCUT2D eigenvalue weighted by atomic mass is 79.9. The monoisotopic (exact) mass is 247 g/mol. The lowest BCUT2D eigenvalue weighted by Gasteiger charge is -2.07. The molecule has 0 saturated carbocycles. The van der Waals surface area contributed by atoms with Crippen LogP contribution in [0.1, 0.15) is 0 Å². The van der Waals surface area contributed by atoms with E-state index in [-0.39, 0.29) is 5.82 Å². The van der Waals surface area contributed by atoms with E-state index in [0.29, 0.717) is 17.6 Å². The van der Waals surface area contributed by atoms with Crippen LogP contribution in [-0.2, 0) is 4.74 Å². The predicted octanol–water partition coefficient (Wildman–Crippen LogP) is 2.65. The van der Waals surface area contributed by atoms with E-state index >= 15 is 0 Å². The van der Waals surface area contributed by atoms with Gasteiger partial charge in [0.2, 0.25) is 0 Å².